The van der Waals surface area contributed by atoms with Gasteiger partial charge in [-0.2, -0.15) is 0 Å². The predicted octanol–water partition coefficient (Wildman–Crippen LogP) is 1.16. The van der Waals surface area contributed by atoms with Crippen LogP contribution in [-0.2, 0) is 15.6 Å². The second-order valence-electron chi connectivity index (χ2n) is 5.54. The Morgan fingerprint density at radius 2 is 1.62 bits per heavy atom. The normalized spacial score (nSPS) is 11.1. The van der Waals surface area contributed by atoms with Crippen molar-refractivity contribution in [3.63, 3.8) is 0 Å². The lowest BCUT2D eigenvalue weighted by Crippen LogP contribution is -2.22. The molecule has 0 heterocycles. The van der Waals surface area contributed by atoms with Crippen LogP contribution in [0.1, 0.15) is 31.8 Å². The van der Waals surface area contributed by atoms with Crippen molar-refractivity contribution in [2.75, 3.05) is 11.6 Å². The van der Waals surface area contributed by atoms with Gasteiger partial charge in [-0.3, -0.25) is 4.79 Å². The highest BCUT2D eigenvalue weighted by atomic mass is 32.2. The summed E-state index contributed by atoms with van der Waals surface area (Å²) >= 11 is 0. The molecule has 0 aliphatic rings. The van der Waals surface area contributed by atoms with Crippen LogP contribution >= 0.6 is 0 Å². The molecule has 6 nitrogen and oxygen atoms in total. The summed E-state index contributed by atoms with van der Waals surface area (Å²) in [6.07, 6.45) is 1.14. The Morgan fingerprint density at radius 3 is 2.17 bits per heavy atom. The number of sulfone groups is 1. The molecule has 0 unspecified atom stereocenters. The third-order valence-corrected chi connectivity index (χ3v) is 4.22. The number of anilines is 1. The fourth-order valence-electron chi connectivity index (χ4n) is 2.13. The van der Waals surface area contributed by atoms with Gasteiger partial charge in [0.05, 0.1) is 11.7 Å². The molecule has 0 aliphatic carbocycles. The molecule has 1 amide bonds. The van der Waals surface area contributed by atoms with Crippen molar-refractivity contribution >= 4 is 27.4 Å². The highest BCUT2D eigenvalue weighted by Crippen LogP contribution is 2.18. The van der Waals surface area contributed by atoms with Crippen LogP contribution in [-0.4, -0.2) is 26.6 Å². The lowest BCUT2D eigenvalue weighted by atomic mass is 10.1. The lowest BCUT2D eigenvalue weighted by molar-refractivity contribution is -0.255. The molecule has 1 N–H and O–H groups in total. The van der Waals surface area contributed by atoms with E-state index in [4.69, 9.17) is 0 Å². The predicted molar refractivity (Wildman–Crippen MR) is 88.5 cm³/mol. The number of rotatable bonds is 5. The van der Waals surface area contributed by atoms with Crippen molar-refractivity contribution in [2.24, 2.45) is 0 Å². The largest absolute Gasteiger partial charge is 0.545 e. The van der Waals surface area contributed by atoms with Gasteiger partial charge in [0, 0.05) is 17.5 Å². The number of hydrogen-bond acceptors (Lipinski definition) is 5. The molecule has 126 valence electrons. The van der Waals surface area contributed by atoms with Gasteiger partial charge in [0.15, 0.2) is 9.84 Å². The molecule has 0 radical (unpaired) electrons. The first-order valence-electron chi connectivity index (χ1n) is 7.06. The Morgan fingerprint density at radius 1 is 1.04 bits per heavy atom. The molecule has 2 aromatic carbocycles. The summed E-state index contributed by atoms with van der Waals surface area (Å²) in [5, 5.41) is 13.5. The molecule has 0 fully saturated rings. The van der Waals surface area contributed by atoms with Crippen LogP contribution in [0.15, 0.2) is 42.5 Å². The van der Waals surface area contributed by atoms with E-state index in [1.165, 1.54) is 24.3 Å². The van der Waals surface area contributed by atoms with Gasteiger partial charge in [-0.1, -0.05) is 24.3 Å². The highest BCUT2D eigenvalue weighted by Gasteiger charge is 2.10. The summed E-state index contributed by atoms with van der Waals surface area (Å²) < 4.78 is 22.5. The molecule has 0 bridgehead atoms. The van der Waals surface area contributed by atoms with Crippen LogP contribution < -0.4 is 10.4 Å². The summed E-state index contributed by atoms with van der Waals surface area (Å²) in [6, 6.07) is 10.5. The minimum Gasteiger partial charge on any atom is -0.545 e. The van der Waals surface area contributed by atoms with Gasteiger partial charge >= 0.3 is 0 Å². The van der Waals surface area contributed by atoms with Crippen LogP contribution in [0, 0.1) is 6.92 Å². The zero-order valence-electron chi connectivity index (χ0n) is 13.2. The number of aromatic carboxylic acids is 1. The van der Waals surface area contributed by atoms with E-state index in [0.717, 1.165) is 6.26 Å². The maximum absolute atomic E-state index is 12.3. The van der Waals surface area contributed by atoms with Crippen LogP contribution in [0.4, 0.5) is 5.69 Å². The summed E-state index contributed by atoms with van der Waals surface area (Å²) in [6.45, 7) is 1.74. The zero-order chi connectivity index (χ0) is 17.9. The molecular formula is C17H16NO5S-. The summed E-state index contributed by atoms with van der Waals surface area (Å²) in [7, 11) is -3.14. The van der Waals surface area contributed by atoms with E-state index in [9.17, 15) is 23.1 Å². The number of amides is 1. The van der Waals surface area contributed by atoms with Gasteiger partial charge in [0.1, 0.15) is 0 Å². The van der Waals surface area contributed by atoms with Crippen molar-refractivity contribution in [1.82, 2.24) is 0 Å². The first-order valence-corrected chi connectivity index (χ1v) is 9.12. The number of hydrogen-bond donors (Lipinski definition) is 1. The average molecular weight is 346 g/mol. The Kier molecular flexibility index (Phi) is 5.04. The zero-order valence-corrected chi connectivity index (χ0v) is 14.0. The Hall–Kier alpha value is -2.67. The SMILES string of the molecule is Cc1ccc(C(=O)[O-])cc1NC(=O)c1ccc(CS(C)(=O)=O)cc1. The van der Waals surface area contributed by atoms with Gasteiger partial charge in [-0.05, 0) is 41.8 Å². The van der Waals surface area contributed by atoms with Crippen LogP contribution in [0.2, 0.25) is 0 Å². The molecule has 0 atom stereocenters. The van der Waals surface area contributed by atoms with E-state index in [2.05, 4.69) is 5.32 Å². The molecule has 0 aromatic heterocycles. The number of carboxylic acid groups (broad SMARTS) is 1. The van der Waals surface area contributed by atoms with Gasteiger partial charge in [0.25, 0.3) is 5.91 Å². The van der Waals surface area contributed by atoms with E-state index in [1.807, 2.05) is 0 Å². The second kappa shape index (κ2) is 6.84. The molecule has 0 saturated carbocycles. The minimum absolute atomic E-state index is 0.0283. The Balaban J connectivity index is 2.18. The first kappa shape index (κ1) is 17.7. The maximum atomic E-state index is 12.3. The lowest BCUT2D eigenvalue weighted by Gasteiger charge is -2.11. The summed E-state index contributed by atoms with van der Waals surface area (Å²) in [5.41, 5.74) is 1.98. The monoisotopic (exact) mass is 346 g/mol. The van der Waals surface area contributed by atoms with Crippen molar-refractivity contribution in [3.05, 3.63) is 64.7 Å². The van der Waals surface area contributed by atoms with Crippen LogP contribution in [0.25, 0.3) is 0 Å². The quantitative estimate of drug-likeness (QED) is 0.875. The van der Waals surface area contributed by atoms with E-state index < -0.39 is 21.7 Å². The summed E-state index contributed by atoms with van der Waals surface area (Å²) in [4.78, 5) is 23.2. The van der Waals surface area contributed by atoms with Crippen molar-refractivity contribution in [2.45, 2.75) is 12.7 Å². The van der Waals surface area contributed by atoms with Crippen molar-refractivity contribution < 1.29 is 23.1 Å². The van der Waals surface area contributed by atoms with Crippen LogP contribution in [0.5, 0.6) is 0 Å². The molecule has 2 aromatic rings. The fourth-order valence-corrected chi connectivity index (χ4v) is 2.93. The number of carbonyl (C=O) groups excluding carboxylic acids is 2. The van der Waals surface area contributed by atoms with Crippen LogP contribution in [0.3, 0.4) is 0 Å². The van der Waals surface area contributed by atoms with Gasteiger partial charge in [0.2, 0.25) is 0 Å². The number of nitrogens with one attached hydrogen (secondary N) is 1. The standard InChI is InChI=1S/C17H17NO5S/c1-11-3-6-14(17(20)21)9-15(11)18-16(19)13-7-4-12(5-8-13)10-24(2,22)23/h3-9H,10H2,1-2H3,(H,18,19)(H,20,21)/p-1. The molecule has 7 heteroatoms. The molecular weight excluding hydrogens is 330 g/mol. The molecule has 0 saturated heterocycles. The topological polar surface area (TPSA) is 103 Å². The van der Waals surface area contributed by atoms with E-state index in [-0.39, 0.29) is 11.3 Å². The smallest absolute Gasteiger partial charge is 0.255 e. The number of carboxylic acids is 1. The Bertz CT molecular complexity index is 886. The third-order valence-electron chi connectivity index (χ3n) is 3.37. The van der Waals surface area contributed by atoms with Gasteiger partial charge in [-0.15, -0.1) is 0 Å². The van der Waals surface area contributed by atoms with E-state index in [1.54, 1.807) is 25.1 Å². The van der Waals surface area contributed by atoms with Crippen molar-refractivity contribution in [1.29, 1.82) is 0 Å². The number of aryl methyl sites for hydroxylation is 1. The van der Waals surface area contributed by atoms with Gasteiger partial charge in [-0.25, -0.2) is 8.42 Å². The maximum Gasteiger partial charge on any atom is 0.255 e. The molecule has 0 aliphatic heterocycles. The Labute approximate surface area is 140 Å². The van der Waals surface area contributed by atoms with E-state index >= 15 is 0 Å². The minimum atomic E-state index is -3.14. The second-order valence-corrected chi connectivity index (χ2v) is 7.68. The molecule has 24 heavy (non-hydrogen) atoms. The molecule has 0 spiro atoms. The fraction of sp³-hybridized carbons (Fsp3) is 0.176. The first-order chi connectivity index (χ1) is 11.2. The molecule has 2 rings (SSSR count). The number of carbonyl (C=O) groups is 2. The number of benzene rings is 2. The highest BCUT2D eigenvalue weighted by molar-refractivity contribution is 7.89. The summed E-state index contributed by atoms with van der Waals surface area (Å²) in [5.74, 6) is -1.84. The van der Waals surface area contributed by atoms with Gasteiger partial charge < -0.3 is 15.2 Å². The van der Waals surface area contributed by atoms with Crippen molar-refractivity contribution in [3.8, 4) is 0 Å². The van der Waals surface area contributed by atoms with E-state index in [0.29, 0.717) is 22.4 Å². The third kappa shape index (κ3) is 4.66. The average Bonchev–Trinajstić information content (AvgIpc) is 2.48.